The van der Waals surface area contributed by atoms with Crippen molar-refractivity contribution in [2.75, 3.05) is 20.8 Å². The molecule has 0 radical (unpaired) electrons. The summed E-state index contributed by atoms with van der Waals surface area (Å²) in [6.45, 7) is 4.49. The maximum atomic E-state index is 13.8. The topological polar surface area (TPSA) is 71.6 Å². The van der Waals surface area contributed by atoms with Gasteiger partial charge in [-0.25, -0.2) is 0 Å². The molecule has 6 heteroatoms. The molecule has 0 bridgehead atoms. The Morgan fingerprint density at radius 3 is 2.29 bits per heavy atom. The van der Waals surface area contributed by atoms with Crippen LogP contribution in [0.3, 0.4) is 0 Å². The molecule has 0 saturated carbocycles. The molecule has 6 nitrogen and oxygen atoms in total. The molecule has 0 saturated heterocycles. The van der Waals surface area contributed by atoms with E-state index in [2.05, 4.69) is 4.98 Å². The Kier molecular flexibility index (Phi) is 5.81. The highest BCUT2D eigenvalue weighted by atomic mass is 16.5. The number of aromatic amines is 1. The van der Waals surface area contributed by atoms with Gasteiger partial charge in [-0.15, -0.1) is 0 Å². The molecular weight excluding hydrogens is 440 g/mol. The van der Waals surface area contributed by atoms with E-state index in [0.717, 1.165) is 33.2 Å². The fourth-order valence-electron chi connectivity index (χ4n) is 4.91. The van der Waals surface area contributed by atoms with E-state index in [1.165, 1.54) is 0 Å². The van der Waals surface area contributed by atoms with Crippen LogP contribution in [-0.4, -0.2) is 36.6 Å². The molecule has 1 aliphatic rings. The van der Waals surface area contributed by atoms with Crippen LogP contribution >= 0.6 is 0 Å². The van der Waals surface area contributed by atoms with Gasteiger partial charge in [0, 0.05) is 23.2 Å². The fourth-order valence-corrected chi connectivity index (χ4v) is 4.91. The van der Waals surface area contributed by atoms with E-state index < -0.39 is 6.04 Å². The zero-order chi connectivity index (χ0) is 24.7. The zero-order valence-corrected chi connectivity index (χ0v) is 20.3. The number of carbonyl (C=O) groups is 1. The molecule has 0 spiro atoms. The minimum Gasteiger partial charge on any atom is -0.493 e. The monoisotopic (exact) mass is 468 g/mol. The van der Waals surface area contributed by atoms with Crippen molar-refractivity contribution in [2.45, 2.75) is 26.3 Å². The van der Waals surface area contributed by atoms with Crippen molar-refractivity contribution in [2.24, 2.45) is 0 Å². The molecule has 1 aliphatic heterocycles. The first-order valence-electron chi connectivity index (χ1n) is 11.7. The molecule has 0 aliphatic carbocycles. The standard InChI is InChI=1S/C29H28N2O4/c1-17-5-8-19(9-6-17)29(33)31-12-11-20-15-25(34-3)26(35-4)16-22(20)27(31)23-14-21-13-18(2)7-10-24(21)30-28(23)32/h5-10,13-16,27H,11-12H2,1-4H3,(H,30,32). The second kappa shape index (κ2) is 8.95. The molecule has 35 heavy (non-hydrogen) atoms. The summed E-state index contributed by atoms with van der Waals surface area (Å²) < 4.78 is 11.1. The first-order chi connectivity index (χ1) is 16.9. The molecular formula is C29H28N2O4. The number of amides is 1. The van der Waals surface area contributed by atoms with Gasteiger partial charge in [-0.05, 0) is 79.2 Å². The van der Waals surface area contributed by atoms with Crippen molar-refractivity contribution in [3.05, 3.63) is 104 Å². The van der Waals surface area contributed by atoms with Gasteiger partial charge in [0.05, 0.1) is 20.3 Å². The normalized spacial score (nSPS) is 15.1. The average Bonchev–Trinajstić information content (AvgIpc) is 2.87. The molecule has 1 amide bonds. The van der Waals surface area contributed by atoms with Gasteiger partial charge in [-0.3, -0.25) is 9.59 Å². The molecule has 4 aromatic rings. The summed E-state index contributed by atoms with van der Waals surface area (Å²) in [5.74, 6) is 1.08. The average molecular weight is 469 g/mol. The largest absolute Gasteiger partial charge is 0.493 e. The lowest BCUT2D eigenvalue weighted by Gasteiger charge is -2.38. The SMILES string of the molecule is COc1cc2c(cc1OC)C(c1cc3cc(C)ccc3[nH]c1=O)N(C(=O)c1ccc(C)cc1)CC2. The van der Waals surface area contributed by atoms with Crippen LogP contribution in [0.5, 0.6) is 11.5 Å². The Balaban J connectivity index is 1.73. The minimum absolute atomic E-state index is 0.112. The number of H-pyrrole nitrogens is 1. The van der Waals surface area contributed by atoms with E-state index in [-0.39, 0.29) is 11.5 Å². The summed E-state index contributed by atoms with van der Waals surface area (Å²) in [5, 5.41) is 0.926. The summed E-state index contributed by atoms with van der Waals surface area (Å²) in [7, 11) is 3.19. The predicted octanol–water partition coefficient (Wildman–Crippen LogP) is 4.95. The van der Waals surface area contributed by atoms with Crippen molar-refractivity contribution < 1.29 is 14.3 Å². The Hall–Kier alpha value is -4.06. The van der Waals surface area contributed by atoms with Crippen LogP contribution in [0.1, 0.15) is 44.2 Å². The number of hydrogen-bond acceptors (Lipinski definition) is 4. The Morgan fingerprint density at radius 1 is 0.886 bits per heavy atom. The summed E-state index contributed by atoms with van der Waals surface area (Å²) in [4.78, 5) is 32.0. The van der Waals surface area contributed by atoms with Crippen LogP contribution in [-0.2, 0) is 6.42 Å². The van der Waals surface area contributed by atoms with Gasteiger partial charge in [0.1, 0.15) is 0 Å². The molecule has 0 fully saturated rings. The fraction of sp³-hybridized carbons (Fsp3) is 0.241. The number of methoxy groups -OCH3 is 2. The maximum absolute atomic E-state index is 13.8. The third kappa shape index (κ3) is 4.05. The maximum Gasteiger partial charge on any atom is 0.254 e. The number of hydrogen-bond donors (Lipinski definition) is 1. The quantitative estimate of drug-likeness (QED) is 0.460. The summed E-state index contributed by atoms with van der Waals surface area (Å²) in [6, 6.07) is 18.7. The number of rotatable bonds is 4. The lowest BCUT2D eigenvalue weighted by atomic mass is 9.87. The number of pyridine rings is 1. The number of nitrogens with zero attached hydrogens (tertiary/aromatic N) is 1. The van der Waals surface area contributed by atoms with Crippen LogP contribution in [0.15, 0.2) is 65.5 Å². The number of fused-ring (bicyclic) bond motifs is 2. The number of aryl methyl sites for hydroxylation is 2. The lowest BCUT2D eigenvalue weighted by molar-refractivity contribution is 0.0693. The lowest BCUT2D eigenvalue weighted by Crippen LogP contribution is -2.42. The van der Waals surface area contributed by atoms with Gasteiger partial charge in [0.25, 0.3) is 11.5 Å². The highest BCUT2D eigenvalue weighted by Crippen LogP contribution is 2.41. The summed E-state index contributed by atoms with van der Waals surface area (Å²) in [6.07, 6.45) is 0.647. The zero-order valence-electron chi connectivity index (χ0n) is 20.3. The van der Waals surface area contributed by atoms with E-state index in [0.29, 0.717) is 35.6 Å². The predicted molar refractivity (Wildman–Crippen MR) is 137 cm³/mol. The van der Waals surface area contributed by atoms with Crippen LogP contribution in [0.4, 0.5) is 0 Å². The second-order valence-electron chi connectivity index (χ2n) is 9.07. The second-order valence-corrected chi connectivity index (χ2v) is 9.07. The van der Waals surface area contributed by atoms with Crippen LogP contribution in [0, 0.1) is 13.8 Å². The molecule has 1 N–H and O–H groups in total. The van der Waals surface area contributed by atoms with Crippen molar-refractivity contribution in [3.8, 4) is 11.5 Å². The first kappa shape index (κ1) is 22.7. The van der Waals surface area contributed by atoms with Gasteiger partial charge in [0.15, 0.2) is 11.5 Å². The number of carbonyl (C=O) groups excluding carboxylic acids is 1. The Bertz CT molecular complexity index is 1490. The van der Waals surface area contributed by atoms with E-state index >= 15 is 0 Å². The van der Waals surface area contributed by atoms with Crippen LogP contribution < -0.4 is 15.0 Å². The molecule has 1 unspecified atom stereocenters. The number of benzene rings is 3. The summed E-state index contributed by atoms with van der Waals surface area (Å²) >= 11 is 0. The van der Waals surface area contributed by atoms with E-state index in [1.807, 2.05) is 74.5 Å². The molecule has 1 atom stereocenters. The van der Waals surface area contributed by atoms with Gasteiger partial charge in [-0.2, -0.15) is 0 Å². The molecule has 5 rings (SSSR count). The third-order valence-corrected chi connectivity index (χ3v) is 6.76. The van der Waals surface area contributed by atoms with Gasteiger partial charge < -0.3 is 19.4 Å². The van der Waals surface area contributed by atoms with E-state index in [4.69, 9.17) is 9.47 Å². The van der Waals surface area contributed by atoms with Crippen LogP contribution in [0.2, 0.25) is 0 Å². The first-order valence-corrected chi connectivity index (χ1v) is 11.7. The van der Waals surface area contributed by atoms with Crippen LogP contribution in [0.25, 0.3) is 10.9 Å². The highest BCUT2D eigenvalue weighted by molar-refractivity contribution is 5.95. The molecule has 178 valence electrons. The van der Waals surface area contributed by atoms with Gasteiger partial charge in [-0.1, -0.05) is 29.3 Å². The van der Waals surface area contributed by atoms with Crippen molar-refractivity contribution >= 4 is 16.8 Å². The highest BCUT2D eigenvalue weighted by Gasteiger charge is 2.35. The van der Waals surface area contributed by atoms with Crippen molar-refractivity contribution in [3.63, 3.8) is 0 Å². The van der Waals surface area contributed by atoms with E-state index in [9.17, 15) is 9.59 Å². The van der Waals surface area contributed by atoms with Gasteiger partial charge >= 0.3 is 0 Å². The number of nitrogens with one attached hydrogen (secondary N) is 1. The van der Waals surface area contributed by atoms with E-state index in [1.54, 1.807) is 19.1 Å². The molecule has 1 aromatic heterocycles. The molecule has 3 aromatic carbocycles. The van der Waals surface area contributed by atoms with Crippen molar-refractivity contribution in [1.82, 2.24) is 9.88 Å². The Labute approximate surface area is 204 Å². The number of aromatic nitrogens is 1. The summed E-state index contributed by atoms with van der Waals surface area (Å²) in [5.41, 5.74) is 5.75. The molecule has 2 heterocycles. The van der Waals surface area contributed by atoms with Crippen molar-refractivity contribution in [1.29, 1.82) is 0 Å². The number of ether oxygens (including phenoxy) is 2. The smallest absolute Gasteiger partial charge is 0.254 e. The third-order valence-electron chi connectivity index (χ3n) is 6.76. The minimum atomic E-state index is -0.568. The Morgan fingerprint density at radius 2 is 1.57 bits per heavy atom. The van der Waals surface area contributed by atoms with Gasteiger partial charge in [0.2, 0.25) is 0 Å².